The number of amides is 1. The zero-order chi connectivity index (χ0) is 12.3. The number of nitrogens with one attached hydrogen (secondary N) is 1. The Balaban J connectivity index is 1.97. The van der Waals surface area contributed by atoms with Crippen LogP contribution in [0.1, 0.15) is 19.8 Å². The molecule has 2 rings (SSSR count). The predicted octanol–water partition coefficient (Wildman–Crippen LogP) is 2.48. The topological polar surface area (TPSA) is 55.1 Å². The summed E-state index contributed by atoms with van der Waals surface area (Å²) in [5.41, 5.74) is 6.20. The normalized spacial score (nSPS) is 16.6. The molecule has 0 saturated heterocycles. The van der Waals surface area contributed by atoms with Crippen molar-refractivity contribution in [1.29, 1.82) is 0 Å². The van der Waals surface area contributed by atoms with Crippen molar-refractivity contribution in [3.05, 3.63) is 24.3 Å². The minimum absolute atomic E-state index is 0.0656. The average molecular weight is 250 g/mol. The van der Waals surface area contributed by atoms with Crippen molar-refractivity contribution in [2.45, 2.75) is 24.7 Å². The molecule has 0 aliphatic heterocycles. The van der Waals surface area contributed by atoms with Gasteiger partial charge in [0.2, 0.25) is 5.91 Å². The quantitative estimate of drug-likeness (QED) is 0.789. The van der Waals surface area contributed by atoms with E-state index in [-0.39, 0.29) is 11.3 Å². The van der Waals surface area contributed by atoms with Crippen LogP contribution in [0.15, 0.2) is 29.2 Å². The molecule has 3 N–H and O–H groups in total. The molecule has 0 bridgehead atoms. The van der Waals surface area contributed by atoms with Crippen molar-refractivity contribution in [3.8, 4) is 0 Å². The third kappa shape index (κ3) is 2.82. The van der Waals surface area contributed by atoms with Gasteiger partial charge < -0.3 is 11.1 Å². The van der Waals surface area contributed by atoms with E-state index in [4.69, 9.17) is 5.73 Å². The van der Waals surface area contributed by atoms with E-state index in [1.807, 2.05) is 24.3 Å². The highest BCUT2D eigenvalue weighted by molar-refractivity contribution is 7.99. The summed E-state index contributed by atoms with van der Waals surface area (Å²) in [5.74, 6) is 1.12. The van der Waals surface area contributed by atoms with Gasteiger partial charge in [-0.3, -0.25) is 4.79 Å². The van der Waals surface area contributed by atoms with Gasteiger partial charge in [-0.25, -0.2) is 0 Å². The number of thioether (sulfide) groups is 1. The number of carbonyl (C=O) groups excluding carboxylic acids is 1. The van der Waals surface area contributed by atoms with E-state index in [9.17, 15) is 4.79 Å². The first-order valence-corrected chi connectivity index (χ1v) is 6.93. The summed E-state index contributed by atoms with van der Waals surface area (Å²) in [4.78, 5) is 13.2. The molecule has 3 nitrogen and oxygen atoms in total. The van der Waals surface area contributed by atoms with E-state index in [0.29, 0.717) is 6.54 Å². The monoisotopic (exact) mass is 250 g/mol. The maximum Gasteiger partial charge on any atom is 0.231 e. The molecule has 1 amide bonds. The van der Waals surface area contributed by atoms with Crippen LogP contribution in [0.4, 0.5) is 5.69 Å². The first kappa shape index (κ1) is 12.5. The Kier molecular flexibility index (Phi) is 3.74. The van der Waals surface area contributed by atoms with Gasteiger partial charge in [0.15, 0.2) is 0 Å². The predicted molar refractivity (Wildman–Crippen MR) is 72.2 cm³/mol. The van der Waals surface area contributed by atoms with Gasteiger partial charge in [0.05, 0.1) is 5.41 Å². The SMILES string of the molecule is CCSc1ccc(NC(=O)C2(CN)CC2)cc1. The van der Waals surface area contributed by atoms with Gasteiger partial charge in [0.25, 0.3) is 0 Å². The molecule has 1 saturated carbocycles. The molecule has 92 valence electrons. The Morgan fingerprint density at radius 1 is 1.41 bits per heavy atom. The lowest BCUT2D eigenvalue weighted by molar-refractivity contribution is -0.120. The van der Waals surface area contributed by atoms with Crippen molar-refractivity contribution < 1.29 is 4.79 Å². The summed E-state index contributed by atoms with van der Waals surface area (Å²) < 4.78 is 0. The van der Waals surface area contributed by atoms with Crippen molar-refractivity contribution >= 4 is 23.4 Å². The highest BCUT2D eigenvalue weighted by Crippen LogP contribution is 2.45. The number of benzene rings is 1. The first-order valence-electron chi connectivity index (χ1n) is 5.94. The maximum atomic E-state index is 11.9. The molecule has 0 heterocycles. The van der Waals surface area contributed by atoms with Gasteiger partial charge in [-0.1, -0.05) is 6.92 Å². The number of nitrogens with two attached hydrogens (primary N) is 1. The summed E-state index contributed by atoms with van der Waals surface area (Å²) in [5, 5.41) is 2.94. The standard InChI is InChI=1S/C13H18N2OS/c1-2-17-11-5-3-10(4-6-11)15-12(16)13(9-14)7-8-13/h3-6H,2,7-9,14H2,1H3,(H,15,16). The summed E-state index contributed by atoms with van der Waals surface area (Å²) in [7, 11) is 0. The molecule has 17 heavy (non-hydrogen) atoms. The maximum absolute atomic E-state index is 11.9. The molecule has 1 aliphatic carbocycles. The zero-order valence-electron chi connectivity index (χ0n) is 10.0. The summed E-state index contributed by atoms with van der Waals surface area (Å²) in [6.07, 6.45) is 1.83. The van der Waals surface area contributed by atoms with E-state index in [1.165, 1.54) is 4.90 Å². The average Bonchev–Trinajstić information content (AvgIpc) is 3.13. The fraction of sp³-hybridized carbons (Fsp3) is 0.462. The molecule has 0 unspecified atom stereocenters. The summed E-state index contributed by atoms with van der Waals surface area (Å²) in [6, 6.07) is 7.96. The minimum Gasteiger partial charge on any atom is -0.329 e. The molecule has 0 spiro atoms. The summed E-state index contributed by atoms with van der Waals surface area (Å²) in [6.45, 7) is 2.57. The van der Waals surface area contributed by atoms with Crippen LogP contribution in [0, 0.1) is 5.41 Å². The van der Waals surface area contributed by atoms with Gasteiger partial charge in [-0.2, -0.15) is 0 Å². The Morgan fingerprint density at radius 3 is 2.53 bits per heavy atom. The van der Waals surface area contributed by atoms with Crippen LogP contribution in [0.25, 0.3) is 0 Å². The number of anilines is 1. The highest BCUT2D eigenvalue weighted by atomic mass is 32.2. The second-order valence-electron chi connectivity index (χ2n) is 4.40. The van der Waals surface area contributed by atoms with Crippen LogP contribution in [0.3, 0.4) is 0 Å². The van der Waals surface area contributed by atoms with E-state index in [2.05, 4.69) is 12.2 Å². The van der Waals surface area contributed by atoms with Gasteiger partial charge in [0.1, 0.15) is 0 Å². The van der Waals surface area contributed by atoms with Crippen LogP contribution < -0.4 is 11.1 Å². The minimum atomic E-state index is -0.281. The van der Waals surface area contributed by atoms with Crippen LogP contribution in [0.2, 0.25) is 0 Å². The van der Waals surface area contributed by atoms with E-state index in [0.717, 1.165) is 24.3 Å². The van der Waals surface area contributed by atoms with Crippen molar-refractivity contribution in [2.24, 2.45) is 11.1 Å². The largest absolute Gasteiger partial charge is 0.329 e. The Labute approximate surface area is 106 Å². The zero-order valence-corrected chi connectivity index (χ0v) is 10.8. The second kappa shape index (κ2) is 5.10. The molecule has 0 aromatic heterocycles. The van der Waals surface area contributed by atoms with Crippen LogP contribution in [-0.4, -0.2) is 18.2 Å². The third-order valence-corrected chi connectivity index (χ3v) is 4.04. The second-order valence-corrected chi connectivity index (χ2v) is 5.73. The van der Waals surface area contributed by atoms with Crippen molar-refractivity contribution in [1.82, 2.24) is 0 Å². The molecule has 1 aliphatic rings. The number of hydrogen-bond acceptors (Lipinski definition) is 3. The molecule has 0 atom stereocenters. The van der Waals surface area contributed by atoms with E-state index in [1.54, 1.807) is 11.8 Å². The number of hydrogen-bond donors (Lipinski definition) is 2. The van der Waals surface area contributed by atoms with Gasteiger partial charge in [-0.15, -0.1) is 11.8 Å². The Morgan fingerprint density at radius 2 is 2.06 bits per heavy atom. The summed E-state index contributed by atoms with van der Waals surface area (Å²) >= 11 is 1.79. The molecular formula is C13H18N2OS. The lowest BCUT2D eigenvalue weighted by Crippen LogP contribution is -2.30. The molecule has 1 aromatic rings. The van der Waals surface area contributed by atoms with Crippen LogP contribution >= 0.6 is 11.8 Å². The molecule has 4 heteroatoms. The molecular weight excluding hydrogens is 232 g/mol. The molecule has 1 fully saturated rings. The van der Waals surface area contributed by atoms with Crippen LogP contribution in [-0.2, 0) is 4.79 Å². The van der Waals surface area contributed by atoms with Crippen LogP contribution in [0.5, 0.6) is 0 Å². The first-order chi connectivity index (χ1) is 8.20. The van der Waals surface area contributed by atoms with Gasteiger partial charge in [0, 0.05) is 17.1 Å². The van der Waals surface area contributed by atoms with Crippen molar-refractivity contribution in [2.75, 3.05) is 17.6 Å². The smallest absolute Gasteiger partial charge is 0.231 e. The Hall–Kier alpha value is -1.00. The molecule has 0 radical (unpaired) electrons. The Bertz CT molecular complexity index is 398. The van der Waals surface area contributed by atoms with E-state index < -0.39 is 0 Å². The molecule has 1 aromatic carbocycles. The fourth-order valence-corrected chi connectivity index (χ4v) is 2.40. The van der Waals surface area contributed by atoms with Gasteiger partial charge in [-0.05, 0) is 42.9 Å². The van der Waals surface area contributed by atoms with Gasteiger partial charge >= 0.3 is 0 Å². The van der Waals surface area contributed by atoms with E-state index >= 15 is 0 Å². The lowest BCUT2D eigenvalue weighted by Gasteiger charge is -2.12. The number of rotatable bonds is 5. The highest BCUT2D eigenvalue weighted by Gasteiger charge is 2.48. The fourth-order valence-electron chi connectivity index (χ4n) is 1.74. The third-order valence-electron chi connectivity index (χ3n) is 3.15. The number of carbonyl (C=O) groups is 1. The van der Waals surface area contributed by atoms with Crippen molar-refractivity contribution in [3.63, 3.8) is 0 Å². The lowest BCUT2D eigenvalue weighted by atomic mass is 10.1.